The van der Waals surface area contributed by atoms with E-state index >= 15 is 0 Å². The van der Waals surface area contributed by atoms with Crippen LogP contribution in [0.15, 0.2) is 0 Å². The van der Waals surface area contributed by atoms with Gasteiger partial charge in [0.05, 0.1) is 0 Å². The van der Waals surface area contributed by atoms with Crippen molar-refractivity contribution in [2.24, 2.45) is 17.8 Å². The van der Waals surface area contributed by atoms with E-state index in [0.29, 0.717) is 38.5 Å². The first-order chi connectivity index (χ1) is 14.3. The van der Waals surface area contributed by atoms with Crippen molar-refractivity contribution in [2.75, 3.05) is 0 Å². The maximum absolute atomic E-state index is 10.1. The minimum Gasteiger partial charge on any atom is -0.550 e. The van der Waals surface area contributed by atoms with Gasteiger partial charge in [0, 0.05) is 31.8 Å². The van der Waals surface area contributed by atoms with E-state index < -0.39 is 29.8 Å². The van der Waals surface area contributed by atoms with Crippen LogP contribution in [0, 0.1) is 17.8 Å². The molecule has 0 aromatic rings. The minimum absolute atomic E-state index is 0. The first-order valence-electron chi connectivity index (χ1n) is 10.6. The summed E-state index contributed by atoms with van der Waals surface area (Å²) in [6.45, 7) is 13.5. The predicted octanol–water partition coefficient (Wildman–Crippen LogP) is 0.233. The average molecular weight is 475 g/mol. The average Bonchev–Trinajstić information content (AvgIpc) is 2.64. The van der Waals surface area contributed by atoms with Crippen molar-refractivity contribution in [3.05, 3.63) is 0 Å². The molecule has 0 saturated carbocycles. The summed E-state index contributed by atoms with van der Waals surface area (Å²) < 4.78 is 3.97. The number of hydrogen-bond donors (Lipinski definition) is 0. The molecule has 0 amide bonds. The zero-order valence-electron chi connectivity index (χ0n) is 20.7. The van der Waals surface area contributed by atoms with Crippen molar-refractivity contribution in [1.29, 1.82) is 0 Å². The molecule has 0 fully saturated rings. The molecule has 0 bridgehead atoms. The molecule has 0 radical (unpaired) electrons. The molecule has 0 aromatic heterocycles. The second-order valence-corrected chi connectivity index (χ2v) is 6.58. The normalized spacial score (nSPS) is 9.09. The Labute approximate surface area is 203 Å². The van der Waals surface area contributed by atoms with Crippen LogP contribution in [-0.4, -0.2) is 47.2 Å². The predicted molar refractivity (Wildman–Crippen MR) is 115 cm³/mol. The molecule has 0 aliphatic rings. The van der Waals surface area contributed by atoms with Crippen LogP contribution in [0.4, 0.5) is 0 Å². The van der Waals surface area contributed by atoms with Gasteiger partial charge in [0.2, 0.25) is 0 Å². The maximum atomic E-state index is 10.1. The summed E-state index contributed by atoms with van der Waals surface area (Å²) >= 11 is 0. The third-order valence-electron chi connectivity index (χ3n) is 4.24. The molecular formula is C22H39AlO9. The van der Waals surface area contributed by atoms with Crippen molar-refractivity contribution in [1.82, 2.24) is 0 Å². The number of carboxylic acids is 3. The Hall–Kier alpha value is -1.92. The Morgan fingerprint density at radius 1 is 0.531 bits per heavy atom. The molecule has 9 nitrogen and oxygen atoms in total. The zero-order chi connectivity index (χ0) is 25.6. The Morgan fingerprint density at radius 3 is 0.688 bits per heavy atom. The van der Waals surface area contributed by atoms with Gasteiger partial charge >= 0.3 is 29.3 Å². The van der Waals surface area contributed by atoms with E-state index in [-0.39, 0.29) is 35.1 Å². The molecule has 0 N–H and O–H groups in total. The fourth-order valence-electron chi connectivity index (χ4n) is 2.07. The van der Waals surface area contributed by atoms with Gasteiger partial charge in [0.1, 0.15) is 0 Å². The molecule has 184 valence electrons. The van der Waals surface area contributed by atoms with Gasteiger partial charge in [-0.25, -0.2) is 0 Å². The summed E-state index contributed by atoms with van der Waals surface area (Å²) in [5, 5.41) is 30.2. The first kappa shape index (κ1) is 40.4. The standard InChI is InChI=1S/3C6H12O2.C4H6O3.Al/c3*1-3-5(4-2)6(7)8;1-3(5)7-4(2)6;/h3*5H,3-4H2,1-2H3,(H,7,8);1-2H3;/q;;;;+3/p-3. The van der Waals surface area contributed by atoms with Gasteiger partial charge in [0.25, 0.3) is 0 Å². The van der Waals surface area contributed by atoms with E-state index in [9.17, 15) is 39.3 Å². The maximum Gasteiger partial charge on any atom is 3.00 e. The summed E-state index contributed by atoms with van der Waals surface area (Å²) in [4.78, 5) is 49.8. The topological polar surface area (TPSA) is 164 Å². The van der Waals surface area contributed by atoms with Crippen LogP contribution in [0.5, 0.6) is 0 Å². The third kappa shape index (κ3) is 30.3. The van der Waals surface area contributed by atoms with Gasteiger partial charge in [-0.05, 0) is 56.3 Å². The van der Waals surface area contributed by atoms with Crippen molar-refractivity contribution < 1.29 is 44.0 Å². The SMILES string of the molecule is CC(=O)OC(C)=O.CCC(CC)C(=O)[O-].CCC(CC)C(=O)[O-].CCC(CC)C(=O)[O-].[Al+3]. The number of rotatable bonds is 9. The second-order valence-electron chi connectivity index (χ2n) is 6.58. The molecular weight excluding hydrogens is 435 g/mol. The van der Waals surface area contributed by atoms with Crippen LogP contribution in [-0.2, 0) is 28.7 Å². The van der Waals surface area contributed by atoms with Crippen molar-refractivity contribution in [2.45, 2.75) is 93.9 Å². The Balaban J connectivity index is -0.000000100. The van der Waals surface area contributed by atoms with Crippen molar-refractivity contribution in [3.63, 3.8) is 0 Å². The second kappa shape index (κ2) is 27.1. The summed E-state index contributed by atoms with van der Waals surface area (Å²) in [6, 6.07) is 0. The van der Waals surface area contributed by atoms with Crippen LogP contribution < -0.4 is 15.3 Å². The number of carbonyl (C=O) groups excluding carboxylic acids is 5. The fourth-order valence-corrected chi connectivity index (χ4v) is 2.07. The molecule has 0 spiro atoms. The number of aliphatic carboxylic acids is 3. The van der Waals surface area contributed by atoms with Crippen molar-refractivity contribution in [3.8, 4) is 0 Å². The van der Waals surface area contributed by atoms with E-state index in [4.69, 9.17) is 0 Å². The van der Waals surface area contributed by atoms with Gasteiger partial charge in [-0.3, -0.25) is 9.59 Å². The third-order valence-corrected chi connectivity index (χ3v) is 4.24. The quantitative estimate of drug-likeness (QED) is 0.258. The van der Waals surface area contributed by atoms with E-state index in [1.807, 2.05) is 41.5 Å². The van der Waals surface area contributed by atoms with E-state index in [1.165, 1.54) is 13.8 Å². The Bertz CT molecular complexity index is 445. The summed E-state index contributed by atoms with van der Waals surface area (Å²) in [5.74, 6) is -4.61. The molecule has 0 aliphatic carbocycles. The first-order valence-corrected chi connectivity index (χ1v) is 10.6. The Morgan fingerprint density at radius 2 is 0.688 bits per heavy atom. The number of ether oxygens (including phenoxy) is 1. The summed E-state index contributed by atoms with van der Waals surface area (Å²) in [6.07, 6.45) is 4.08. The van der Waals surface area contributed by atoms with E-state index in [2.05, 4.69) is 4.74 Å². The van der Waals surface area contributed by atoms with Gasteiger partial charge in [-0.1, -0.05) is 41.5 Å². The number of carbonyl (C=O) groups is 5. The number of hydrogen-bond acceptors (Lipinski definition) is 9. The molecule has 32 heavy (non-hydrogen) atoms. The molecule has 10 heteroatoms. The largest absolute Gasteiger partial charge is 3.00 e. The summed E-state index contributed by atoms with van der Waals surface area (Å²) in [7, 11) is 0. The van der Waals surface area contributed by atoms with E-state index in [0.717, 1.165) is 0 Å². The van der Waals surface area contributed by atoms with Crippen LogP contribution in [0.25, 0.3) is 0 Å². The minimum atomic E-state index is -0.921. The molecule has 0 atom stereocenters. The molecule has 0 aliphatic heterocycles. The zero-order valence-corrected chi connectivity index (χ0v) is 21.9. The molecule has 0 rings (SSSR count). The smallest absolute Gasteiger partial charge is 0.550 e. The van der Waals surface area contributed by atoms with Crippen LogP contribution in [0.2, 0.25) is 0 Å². The molecule has 0 aromatic carbocycles. The van der Waals surface area contributed by atoms with Crippen LogP contribution in [0.3, 0.4) is 0 Å². The van der Waals surface area contributed by atoms with Gasteiger partial charge in [-0.2, -0.15) is 0 Å². The molecule has 0 saturated heterocycles. The van der Waals surface area contributed by atoms with Gasteiger partial charge in [0.15, 0.2) is 0 Å². The summed E-state index contributed by atoms with van der Waals surface area (Å²) in [5.41, 5.74) is 0. The van der Waals surface area contributed by atoms with Gasteiger partial charge < -0.3 is 34.4 Å². The van der Waals surface area contributed by atoms with Gasteiger partial charge in [-0.15, -0.1) is 0 Å². The van der Waals surface area contributed by atoms with Crippen LogP contribution in [0.1, 0.15) is 93.9 Å². The molecule has 0 heterocycles. The van der Waals surface area contributed by atoms with E-state index in [1.54, 1.807) is 0 Å². The monoisotopic (exact) mass is 474 g/mol. The fraction of sp³-hybridized carbons (Fsp3) is 0.773. The van der Waals surface area contributed by atoms with Crippen LogP contribution >= 0.6 is 0 Å². The molecule has 0 unspecified atom stereocenters. The van der Waals surface area contributed by atoms with Crippen molar-refractivity contribution >= 4 is 47.2 Å². The number of carboxylic acid groups (broad SMARTS) is 3. The number of esters is 2. The Kier molecular flexibility index (Phi) is 34.3.